The number of benzene rings is 3. The molecular formula is C25H27ClN2O5S. The van der Waals surface area contributed by atoms with Gasteiger partial charge >= 0.3 is 0 Å². The van der Waals surface area contributed by atoms with E-state index in [-0.39, 0.29) is 17.8 Å². The number of nitrogens with zero attached hydrogens (tertiary/aromatic N) is 1. The van der Waals surface area contributed by atoms with Gasteiger partial charge in [-0.25, -0.2) is 8.42 Å². The van der Waals surface area contributed by atoms with Crippen LogP contribution in [0.1, 0.15) is 27.0 Å². The summed E-state index contributed by atoms with van der Waals surface area (Å²) in [5, 5.41) is 3.42. The van der Waals surface area contributed by atoms with Crippen LogP contribution in [-0.4, -0.2) is 34.8 Å². The normalized spacial score (nSPS) is 11.1. The first-order valence-electron chi connectivity index (χ1n) is 10.4. The Morgan fingerprint density at radius 3 is 2.15 bits per heavy atom. The summed E-state index contributed by atoms with van der Waals surface area (Å²) in [6.45, 7) is 3.85. The summed E-state index contributed by atoms with van der Waals surface area (Å²) in [5.41, 5.74) is 3.56. The van der Waals surface area contributed by atoms with Gasteiger partial charge in [-0.05, 0) is 49.2 Å². The molecule has 9 heteroatoms. The number of rotatable bonds is 8. The standard InChI is InChI=1S/C25H27ClN2O5S/c1-16-6-11-21(17(2)12-16)27-25(29)20-13-23(32-3)24(33-4)14-22(20)28(34(5,30)31)15-18-7-9-19(26)10-8-18/h6-14H,15H2,1-5H3,(H,27,29). The predicted molar refractivity (Wildman–Crippen MR) is 136 cm³/mol. The molecule has 0 saturated heterocycles. The van der Waals surface area contributed by atoms with Gasteiger partial charge in [-0.2, -0.15) is 0 Å². The molecule has 0 aliphatic rings. The lowest BCUT2D eigenvalue weighted by Gasteiger charge is -2.26. The van der Waals surface area contributed by atoms with Crippen molar-refractivity contribution >= 4 is 38.9 Å². The highest BCUT2D eigenvalue weighted by Crippen LogP contribution is 2.37. The summed E-state index contributed by atoms with van der Waals surface area (Å²) in [4.78, 5) is 13.4. The van der Waals surface area contributed by atoms with Crippen molar-refractivity contribution in [2.75, 3.05) is 30.1 Å². The number of carbonyl (C=O) groups is 1. The Labute approximate surface area is 205 Å². The fourth-order valence-electron chi connectivity index (χ4n) is 3.54. The summed E-state index contributed by atoms with van der Waals surface area (Å²) in [7, 11) is -0.894. The van der Waals surface area contributed by atoms with Crippen LogP contribution in [-0.2, 0) is 16.6 Å². The summed E-state index contributed by atoms with van der Waals surface area (Å²) < 4.78 is 37.7. The van der Waals surface area contributed by atoms with E-state index in [9.17, 15) is 13.2 Å². The third kappa shape index (κ3) is 5.81. The predicted octanol–water partition coefficient (Wildman–Crippen LogP) is 5.19. The molecule has 0 aromatic heterocycles. The van der Waals surface area contributed by atoms with Gasteiger partial charge in [0.25, 0.3) is 5.91 Å². The van der Waals surface area contributed by atoms with Gasteiger partial charge in [-0.15, -0.1) is 0 Å². The molecule has 0 aliphatic carbocycles. The van der Waals surface area contributed by atoms with E-state index in [2.05, 4.69) is 5.32 Å². The Morgan fingerprint density at radius 2 is 1.59 bits per heavy atom. The molecule has 0 aliphatic heterocycles. The van der Waals surface area contributed by atoms with Crippen LogP contribution in [0.15, 0.2) is 54.6 Å². The molecule has 3 aromatic rings. The van der Waals surface area contributed by atoms with Gasteiger partial charge < -0.3 is 14.8 Å². The topological polar surface area (TPSA) is 84.9 Å². The lowest BCUT2D eigenvalue weighted by Crippen LogP contribution is -2.31. The monoisotopic (exact) mass is 502 g/mol. The van der Waals surface area contributed by atoms with Crippen molar-refractivity contribution < 1.29 is 22.7 Å². The average Bonchev–Trinajstić information content (AvgIpc) is 2.78. The van der Waals surface area contributed by atoms with E-state index in [0.717, 1.165) is 21.7 Å². The van der Waals surface area contributed by atoms with E-state index in [4.69, 9.17) is 21.1 Å². The minimum absolute atomic E-state index is 0.00464. The van der Waals surface area contributed by atoms with Crippen LogP contribution >= 0.6 is 11.6 Å². The van der Waals surface area contributed by atoms with Crippen molar-refractivity contribution in [2.45, 2.75) is 20.4 Å². The van der Waals surface area contributed by atoms with Crippen molar-refractivity contribution in [2.24, 2.45) is 0 Å². The molecule has 0 radical (unpaired) electrons. The molecule has 7 nitrogen and oxygen atoms in total. The highest BCUT2D eigenvalue weighted by molar-refractivity contribution is 7.92. The first kappa shape index (κ1) is 25.4. The minimum Gasteiger partial charge on any atom is -0.493 e. The van der Waals surface area contributed by atoms with Gasteiger partial charge in [0.1, 0.15) is 0 Å². The Bertz CT molecular complexity index is 1310. The molecule has 0 fully saturated rings. The molecule has 0 spiro atoms. The van der Waals surface area contributed by atoms with Crippen LogP contribution in [0.4, 0.5) is 11.4 Å². The molecule has 0 bridgehead atoms. The molecule has 0 heterocycles. The van der Waals surface area contributed by atoms with Crippen LogP contribution in [0.2, 0.25) is 5.02 Å². The number of aryl methyl sites for hydroxylation is 2. The number of carbonyl (C=O) groups excluding carboxylic acids is 1. The van der Waals surface area contributed by atoms with E-state index in [1.807, 2.05) is 32.0 Å². The molecule has 0 unspecified atom stereocenters. The van der Waals surface area contributed by atoms with Crippen LogP contribution < -0.4 is 19.1 Å². The van der Waals surface area contributed by atoms with Gasteiger partial charge in [0, 0.05) is 16.8 Å². The molecule has 0 atom stereocenters. The second-order valence-electron chi connectivity index (χ2n) is 7.89. The number of hydrogen-bond acceptors (Lipinski definition) is 5. The van der Waals surface area contributed by atoms with Gasteiger partial charge in [0.2, 0.25) is 10.0 Å². The van der Waals surface area contributed by atoms with Crippen molar-refractivity contribution in [3.63, 3.8) is 0 Å². The van der Waals surface area contributed by atoms with Crippen molar-refractivity contribution in [1.82, 2.24) is 0 Å². The fraction of sp³-hybridized carbons (Fsp3) is 0.240. The third-order valence-electron chi connectivity index (χ3n) is 5.29. The lowest BCUT2D eigenvalue weighted by molar-refractivity contribution is 0.102. The highest BCUT2D eigenvalue weighted by Gasteiger charge is 2.27. The van der Waals surface area contributed by atoms with E-state index >= 15 is 0 Å². The average molecular weight is 503 g/mol. The first-order valence-corrected chi connectivity index (χ1v) is 12.6. The zero-order chi connectivity index (χ0) is 25.0. The fourth-order valence-corrected chi connectivity index (χ4v) is 4.55. The number of halogens is 1. The molecule has 1 amide bonds. The van der Waals surface area contributed by atoms with Gasteiger partial charge in [-0.3, -0.25) is 9.10 Å². The number of amides is 1. The largest absolute Gasteiger partial charge is 0.493 e. The Hall–Kier alpha value is -3.23. The molecule has 34 heavy (non-hydrogen) atoms. The van der Waals surface area contributed by atoms with E-state index in [1.54, 1.807) is 24.3 Å². The van der Waals surface area contributed by atoms with Gasteiger partial charge in [0.05, 0.1) is 38.3 Å². The molecule has 0 saturated carbocycles. The number of methoxy groups -OCH3 is 2. The van der Waals surface area contributed by atoms with Crippen LogP contribution in [0.25, 0.3) is 0 Å². The van der Waals surface area contributed by atoms with Crippen molar-refractivity contribution in [1.29, 1.82) is 0 Å². The molecule has 3 rings (SSSR count). The molecule has 3 aromatic carbocycles. The summed E-state index contributed by atoms with van der Waals surface area (Å²) in [6, 6.07) is 15.5. The summed E-state index contributed by atoms with van der Waals surface area (Å²) >= 11 is 5.98. The number of ether oxygens (including phenoxy) is 2. The van der Waals surface area contributed by atoms with Crippen LogP contribution in [0, 0.1) is 13.8 Å². The molecular weight excluding hydrogens is 476 g/mol. The smallest absolute Gasteiger partial charge is 0.257 e. The Kier molecular flexibility index (Phi) is 7.74. The second kappa shape index (κ2) is 10.4. The molecule has 180 valence electrons. The maximum Gasteiger partial charge on any atom is 0.257 e. The van der Waals surface area contributed by atoms with Crippen LogP contribution in [0.5, 0.6) is 11.5 Å². The lowest BCUT2D eigenvalue weighted by atomic mass is 10.1. The number of nitrogens with one attached hydrogen (secondary N) is 1. The summed E-state index contributed by atoms with van der Waals surface area (Å²) in [5.74, 6) is 0.120. The maximum atomic E-state index is 13.4. The van der Waals surface area contributed by atoms with E-state index in [0.29, 0.717) is 27.8 Å². The minimum atomic E-state index is -3.79. The highest BCUT2D eigenvalue weighted by atomic mass is 35.5. The van der Waals surface area contributed by atoms with Crippen molar-refractivity contribution in [3.05, 3.63) is 81.9 Å². The number of sulfonamides is 1. The Balaban J connectivity index is 2.14. The van der Waals surface area contributed by atoms with Gasteiger partial charge in [-0.1, -0.05) is 41.4 Å². The zero-order valence-electron chi connectivity index (χ0n) is 19.7. The number of anilines is 2. The SMILES string of the molecule is COc1cc(C(=O)Nc2ccc(C)cc2C)c(N(Cc2ccc(Cl)cc2)S(C)(=O)=O)cc1OC. The molecule has 1 N–H and O–H groups in total. The van der Waals surface area contributed by atoms with Crippen molar-refractivity contribution in [3.8, 4) is 11.5 Å². The quantitative estimate of drug-likeness (QED) is 0.458. The zero-order valence-corrected chi connectivity index (χ0v) is 21.3. The second-order valence-corrected chi connectivity index (χ2v) is 10.2. The first-order chi connectivity index (χ1) is 16.0. The van der Waals surface area contributed by atoms with E-state index in [1.165, 1.54) is 26.4 Å². The van der Waals surface area contributed by atoms with Gasteiger partial charge in [0.15, 0.2) is 11.5 Å². The third-order valence-corrected chi connectivity index (χ3v) is 6.66. The Morgan fingerprint density at radius 1 is 0.971 bits per heavy atom. The maximum absolute atomic E-state index is 13.4. The summed E-state index contributed by atoms with van der Waals surface area (Å²) in [6.07, 6.45) is 1.09. The number of hydrogen-bond donors (Lipinski definition) is 1. The van der Waals surface area contributed by atoms with Crippen LogP contribution in [0.3, 0.4) is 0 Å². The van der Waals surface area contributed by atoms with E-state index < -0.39 is 15.9 Å².